The van der Waals surface area contributed by atoms with Crippen molar-refractivity contribution in [3.8, 4) is 0 Å². The number of rotatable bonds is 3. The van der Waals surface area contributed by atoms with Crippen LogP contribution in [0.5, 0.6) is 0 Å². The lowest BCUT2D eigenvalue weighted by atomic mass is 9.67. The molecule has 2 aliphatic heterocycles. The second-order valence-corrected chi connectivity index (χ2v) is 9.35. The van der Waals surface area contributed by atoms with Gasteiger partial charge in [0.05, 0.1) is 0 Å². The van der Waals surface area contributed by atoms with Gasteiger partial charge in [0.15, 0.2) is 0 Å². The Bertz CT molecular complexity index is 736. The van der Waals surface area contributed by atoms with Crippen LogP contribution in [0.3, 0.4) is 0 Å². The van der Waals surface area contributed by atoms with Crippen LogP contribution in [-0.4, -0.2) is 35.3 Å². The van der Waals surface area contributed by atoms with E-state index in [0.29, 0.717) is 36.0 Å². The van der Waals surface area contributed by atoms with Gasteiger partial charge in [-0.25, -0.2) is 0 Å². The van der Waals surface area contributed by atoms with E-state index in [1.54, 1.807) is 0 Å². The Morgan fingerprint density at radius 1 is 1.15 bits per heavy atom. The van der Waals surface area contributed by atoms with E-state index < -0.39 is 0 Å². The highest BCUT2D eigenvalue weighted by Gasteiger charge is 2.59. The summed E-state index contributed by atoms with van der Waals surface area (Å²) in [5.41, 5.74) is 2.81. The molecule has 5 rings (SSSR count). The van der Waals surface area contributed by atoms with Gasteiger partial charge < -0.3 is 10.2 Å². The summed E-state index contributed by atoms with van der Waals surface area (Å²) in [6.07, 6.45) is 3.24. The van der Waals surface area contributed by atoms with Gasteiger partial charge in [-0.3, -0.25) is 9.59 Å². The van der Waals surface area contributed by atoms with E-state index in [1.807, 2.05) is 0 Å². The molecule has 0 unspecified atom stereocenters. The average molecular weight is 352 g/mol. The Labute approximate surface area is 155 Å². The number of hydrogen-bond donors (Lipinski definition) is 1. The van der Waals surface area contributed by atoms with E-state index in [-0.39, 0.29) is 17.4 Å². The number of amides is 2. The molecule has 138 valence electrons. The number of benzene rings is 1. The molecule has 4 fully saturated rings. The van der Waals surface area contributed by atoms with Gasteiger partial charge in [-0.1, -0.05) is 38.1 Å². The summed E-state index contributed by atoms with van der Waals surface area (Å²) in [5.74, 6) is 3.17. The van der Waals surface area contributed by atoms with Crippen molar-refractivity contribution in [3.63, 3.8) is 0 Å². The van der Waals surface area contributed by atoms with Gasteiger partial charge in [0.25, 0.3) is 0 Å². The Kier molecular flexibility index (Phi) is 3.51. The Morgan fingerprint density at radius 2 is 1.81 bits per heavy atom. The van der Waals surface area contributed by atoms with Gasteiger partial charge in [-0.15, -0.1) is 0 Å². The summed E-state index contributed by atoms with van der Waals surface area (Å²) in [4.78, 5) is 26.3. The van der Waals surface area contributed by atoms with Crippen molar-refractivity contribution in [2.45, 2.75) is 56.9 Å². The Hall–Kier alpha value is -1.84. The van der Waals surface area contributed by atoms with Crippen LogP contribution in [0, 0.1) is 17.8 Å². The van der Waals surface area contributed by atoms with Crippen LogP contribution in [0.1, 0.15) is 62.5 Å². The molecule has 26 heavy (non-hydrogen) atoms. The fourth-order valence-electron chi connectivity index (χ4n) is 5.70. The van der Waals surface area contributed by atoms with Crippen LogP contribution < -0.4 is 5.32 Å². The number of piperidine rings is 1. The molecule has 0 radical (unpaired) electrons. The largest absolute Gasteiger partial charge is 0.351 e. The highest BCUT2D eigenvalue weighted by atomic mass is 16.2. The molecule has 4 heteroatoms. The molecule has 2 amide bonds. The van der Waals surface area contributed by atoms with Gasteiger partial charge in [-0.05, 0) is 54.1 Å². The first-order chi connectivity index (χ1) is 12.5. The third kappa shape index (κ3) is 2.49. The summed E-state index contributed by atoms with van der Waals surface area (Å²) in [6, 6.07) is 9.12. The summed E-state index contributed by atoms with van der Waals surface area (Å²) >= 11 is 0. The molecule has 0 aromatic heterocycles. The van der Waals surface area contributed by atoms with E-state index in [2.05, 4.69) is 48.3 Å². The average Bonchev–Trinajstić information content (AvgIpc) is 2.94. The van der Waals surface area contributed by atoms with Crippen LogP contribution in [0.2, 0.25) is 0 Å². The SMILES string of the molecule is CC(C)c1ccc([C@@H]2[C@@H]3CN(C(=O)C4CC5(CCC(=O)N5)C4)C[C@@H]32)cc1. The molecule has 3 atom stereocenters. The van der Waals surface area contributed by atoms with Crippen molar-refractivity contribution in [1.29, 1.82) is 0 Å². The first kappa shape index (κ1) is 16.3. The quantitative estimate of drug-likeness (QED) is 0.909. The predicted molar refractivity (Wildman–Crippen MR) is 99.7 cm³/mol. The number of nitrogens with one attached hydrogen (secondary N) is 1. The molecule has 2 saturated heterocycles. The van der Waals surface area contributed by atoms with Gasteiger partial charge in [0.2, 0.25) is 11.8 Å². The number of fused-ring (bicyclic) bond motifs is 1. The molecular weight excluding hydrogens is 324 g/mol. The number of nitrogens with zero attached hydrogens (tertiary/aromatic N) is 1. The number of hydrogen-bond acceptors (Lipinski definition) is 2. The molecule has 2 saturated carbocycles. The van der Waals surface area contributed by atoms with Gasteiger partial charge >= 0.3 is 0 Å². The number of likely N-dealkylation sites (tertiary alicyclic amines) is 1. The monoisotopic (exact) mass is 352 g/mol. The van der Waals surface area contributed by atoms with E-state index >= 15 is 0 Å². The lowest BCUT2D eigenvalue weighted by Gasteiger charge is -2.45. The Morgan fingerprint density at radius 3 is 2.35 bits per heavy atom. The lowest BCUT2D eigenvalue weighted by molar-refractivity contribution is -0.141. The second kappa shape index (κ2) is 5.58. The third-order valence-corrected chi connectivity index (χ3v) is 7.35. The molecule has 4 nitrogen and oxygen atoms in total. The van der Waals surface area contributed by atoms with Crippen molar-refractivity contribution < 1.29 is 9.59 Å². The zero-order valence-electron chi connectivity index (χ0n) is 15.7. The maximum absolute atomic E-state index is 12.8. The molecule has 0 bridgehead atoms. The van der Waals surface area contributed by atoms with Crippen LogP contribution in [0.15, 0.2) is 24.3 Å². The fraction of sp³-hybridized carbons (Fsp3) is 0.636. The van der Waals surface area contributed by atoms with E-state index in [4.69, 9.17) is 0 Å². The van der Waals surface area contributed by atoms with E-state index in [0.717, 1.165) is 32.4 Å². The highest BCUT2D eigenvalue weighted by molar-refractivity contribution is 5.84. The number of carbonyl (C=O) groups excluding carboxylic acids is 2. The number of carbonyl (C=O) groups is 2. The fourth-order valence-corrected chi connectivity index (χ4v) is 5.70. The highest BCUT2D eigenvalue weighted by Crippen LogP contribution is 2.59. The summed E-state index contributed by atoms with van der Waals surface area (Å²) in [5, 5.41) is 3.09. The first-order valence-electron chi connectivity index (χ1n) is 10.2. The van der Waals surface area contributed by atoms with Crippen molar-refractivity contribution in [3.05, 3.63) is 35.4 Å². The minimum absolute atomic E-state index is 0.0409. The molecule has 4 aliphatic rings. The minimum Gasteiger partial charge on any atom is -0.351 e. The standard InChI is InChI=1S/C22H28N2O2/c1-13(2)14-3-5-15(6-4-14)20-17-11-24(12-18(17)20)21(26)16-9-22(10-16)8-7-19(25)23-22/h3-6,13,16-18,20H,7-12H2,1-2H3,(H,23,25)/t16?,17-,18+,20-,22?. The predicted octanol–water partition coefficient (Wildman–Crippen LogP) is 3.04. The van der Waals surface area contributed by atoms with Crippen LogP contribution >= 0.6 is 0 Å². The van der Waals surface area contributed by atoms with Crippen LogP contribution in [0.25, 0.3) is 0 Å². The zero-order chi connectivity index (χ0) is 18.1. The third-order valence-electron chi connectivity index (χ3n) is 7.35. The molecule has 1 N–H and O–H groups in total. The van der Waals surface area contributed by atoms with Gasteiger partial charge in [0.1, 0.15) is 0 Å². The molecule has 1 aromatic rings. The molecule has 2 heterocycles. The van der Waals surface area contributed by atoms with E-state index in [9.17, 15) is 9.59 Å². The Balaban J connectivity index is 1.16. The smallest absolute Gasteiger partial charge is 0.225 e. The summed E-state index contributed by atoms with van der Waals surface area (Å²) < 4.78 is 0. The maximum Gasteiger partial charge on any atom is 0.225 e. The molecule has 1 spiro atoms. The van der Waals surface area contributed by atoms with Crippen molar-refractivity contribution in [1.82, 2.24) is 10.2 Å². The maximum atomic E-state index is 12.8. The summed E-state index contributed by atoms with van der Waals surface area (Å²) in [6.45, 7) is 6.31. The van der Waals surface area contributed by atoms with Crippen molar-refractivity contribution in [2.24, 2.45) is 17.8 Å². The first-order valence-corrected chi connectivity index (χ1v) is 10.2. The van der Waals surface area contributed by atoms with Crippen LogP contribution in [-0.2, 0) is 9.59 Å². The molecule has 1 aromatic carbocycles. The van der Waals surface area contributed by atoms with Crippen molar-refractivity contribution in [2.75, 3.05) is 13.1 Å². The van der Waals surface area contributed by atoms with Crippen molar-refractivity contribution >= 4 is 11.8 Å². The molecule has 2 aliphatic carbocycles. The normalized spacial score (nSPS) is 37.7. The van der Waals surface area contributed by atoms with Crippen LogP contribution in [0.4, 0.5) is 0 Å². The lowest BCUT2D eigenvalue weighted by Crippen LogP contribution is -2.56. The topological polar surface area (TPSA) is 49.4 Å². The minimum atomic E-state index is -0.0409. The zero-order valence-corrected chi connectivity index (χ0v) is 15.7. The van der Waals surface area contributed by atoms with Gasteiger partial charge in [0, 0.05) is 31.0 Å². The van der Waals surface area contributed by atoms with E-state index in [1.165, 1.54) is 11.1 Å². The second-order valence-electron chi connectivity index (χ2n) is 9.35. The molecular formula is C22H28N2O2. The van der Waals surface area contributed by atoms with Gasteiger partial charge in [-0.2, -0.15) is 0 Å². The summed E-state index contributed by atoms with van der Waals surface area (Å²) in [7, 11) is 0.